The number of para-hydroxylation sites is 1. The minimum absolute atomic E-state index is 0.143. The fourth-order valence-corrected chi connectivity index (χ4v) is 6.43. The van der Waals surface area contributed by atoms with Crippen molar-refractivity contribution in [2.75, 3.05) is 52.0 Å². The molecule has 2 fully saturated rings. The summed E-state index contributed by atoms with van der Waals surface area (Å²) in [5.74, 6) is 0.419. The molecule has 0 saturated carbocycles. The number of hydrogen-bond donors (Lipinski definition) is 1. The van der Waals surface area contributed by atoms with Gasteiger partial charge in [0.05, 0.1) is 16.9 Å². The van der Waals surface area contributed by atoms with E-state index in [-0.39, 0.29) is 28.9 Å². The number of amides is 1. The molecule has 10 nitrogen and oxygen atoms in total. The highest BCUT2D eigenvalue weighted by Crippen LogP contribution is 2.37. The quantitative estimate of drug-likeness (QED) is 0.220. The third kappa shape index (κ3) is 6.32. The molecule has 0 radical (unpaired) electrons. The number of likely N-dealkylation sites (N-methyl/N-ethyl adjacent to an activating group) is 1. The Morgan fingerprint density at radius 2 is 1.85 bits per heavy atom. The van der Waals surface area contributed by atoms with Gasteiger partial charge in [0.25, 0.3) is 5.91 Å². The number of piperazine rings is 1. The second kappa shape index (κ2) is 12.9. The van der Waals surface area contributed by atoms with Crippen molar-refractivity contribution in [3.05, 3.63) is 78.3 Å². The number of pyridine rings is 1. The van der Waals surface area contributed by atoms with E-state index in [0.29, 0.717) is 41.2 Å². The summed E-state index contributed by atoms with van der Waals surface area (Å²) in [5.41, 5.74) is 7.41. The minimum Gasteiger partial charge on any atom is -0.457 e. The number of nitrogen functional groups attached to an aromatic ring is 1. The lowest BCUT2D eigenvalue weighted by atomic mass is 9.96. The molecule has 2 saturated heterocycles. The van der Waals surface area contributed by atoms with Crippen LogP contribution in [0.2, 0.25) is 0 Å². The highest BCUT2D eigenvalue weighted by Gasteiger charge is 2.33. The Kier molecular flexibility index (Phi) is 8.75. The van der Waals surface area contributed by atoms with Crippen molar-refractivity contribution in [1.82, 2.24) is 29.5 Å². The molecule has 46 heavy (non-hydrogen) atoms. The van der Waals surface area contributed by atoms with Crippen molar-refractivity contribution in [3.8, 4) is 28.8 Å². The van der Waals surface area contributed by atoms with E-state index < -0.39 is 11.4 Å². The first-order chi connectivity index (χ1) is 22.1. The Labute approximate surface area is 268 Å². The Balaban J connectivity index is 1.27. The fraction of sp³-hybridized carbons (Fsp3) is 0.371. The maximum Gasteiger partial charge on any atom is 0.264 e. The number of aromatic nitrogens is 3. The highest BCUT2D eigenvalue weighted by molar-refractivity contribution is 6.00. The van der Waals surface area contributed by atoms with E-state index in [0.717, 1.165) is 39.0 Å². The van der Waals surface area contributed by atoms with Crippen LogP contribution in [-0.4, -0.2) is 87.2 Å². The number of rotatable bonds is 7. The minimum atomic E-state index is -0.504. The number of carbonyl (C=O) groups is 1. The number of benzene rings is 2. The summed E-state index contributed by atoms with van der Waals surface area (Å²) in [5, 5.41) is 15.5. The van der Waals surface area contributed by atoms with Crippen LogP contribution in [0.5, 0.6) is 11.5 Å². The molecular weight excluding hydrogens is 583 g/mol. The summed E-state index contributed by atoms with van der Waals surface area (Å²) < 4.78 is 23.3. The molecule has 2 aromatic carbocycles. The number of nitriles is 1. The van der Waals surface area contributed by atoms with Gasteiger partial charge in [-0.3, -0.25) is 14.4 Å². The lowest BCUT2D eigenvalue weighted by Crippen LogP contribution is -2.53. The number of halogens is 1. The Hall–Kier alpha value is -4.79. The first kappa shape index (κ1) is 31.2. The first-order valence-electron chi connectivity index (χ1n) is 15.7. The summed E-state index contributed by atoms with van der Waals surface area (Å²) >= 11 is 0. The summed E-state index contributed by atoms with van der Waals surface area (Å²) in [4.78, 5) is 24.4. The van der Waals surface area contributed by atoms with Gasteiger partial charge in [0.15, 0.2) is 0 Å². The molecule has 11 heteroatoms. The van der Waals surface area contributed by atoms with E-state index in [9.17, 15) is 10.1 Å². The zero-order valence-electron chi connectivity index (χ0n) is 26.5. The normalized spacial score (nSPS) is 18.5. The molecule has 2 aliphatic rings. The number of fused-ring (bicyclic) bond motifs is 1. The van der Waals surface area contributed by atoms with E-state index >= 15 is 4.39 Å². The molecule has 0 bridgehead atoms. The van der Waals surface area contributed by atoms with Crippen molar-refractivity contribution in [1.29, 1.82) is 5.26 Å². The average molecular weight is 623 g/mol. The SMILES string of the molecule is CN1CCN(C(C)(C)C=C(C#N)C(=O)N2CCC[C@@H](n3nc(-c4ccc(Oc5ccccc5)cc4F)c4c(N)nccc43)C2)CC1. The Morgan fingerprint density at radius 3 is 2.57 bits per heavy atom. The van der Waals surface area contributed by atoms with Gasteiger partial charge in [-0.15, -0.1) is 0 Å². The van der Waals surface area contributed by atoms with Gasteiger partial charge in [0, 0.05) is 62.6 Å². The molecule has 2 aromatic heterocycles. The number of hydrogen-bond acceptors (Lipinski definition) is 8. The summed E-state index contributed by atoms with van der Waals surface area (Å²) in [7, 11) is 2.10. The lowest BCUT2D eigenvalue weighted by Gasteiger charge is -2.42. The number of carbonyl (C=O) groups excluding carboxylic acids is 1. The van der Waals surface area contributed by atoms with Crippen molar-refractivity contribution in [2.45, 2.75) is 38.3 Å². The van der Waals surface area contributed by atoms with Crippen molar-refractivity contribution in [3.63, 3.8) is 0 Å². The van der Waals surface area contributed by atoms with E-state index in [1.54, 1.807) is 35.4 Å². The highest BCUT2D eigenvalue weighted by atomic mass is 19.1. The molecule has 2 N–H and O–H groups in total. The zero-order chi connectivity index (χ0) is 32.4. The summed E-state index contributed by atoms with van der Waals surface area (Å²) in [6.07, 6.45) is 4.91. The molecule has 4 aromatic rings. The Bertz CT molecular complexity index is 1800. The van der Waals surface area contributed by atoms with Crippen LogP contribution in [0, 0.1) is 17.1 Å². The van der Waals surface area contributed by atoms with Crippen LogP contribution in [0.15, 0.2) is 72.4 Å². The molecule has 6 rings (SSSR count). The van der Waals surface area contributed by atoms with E-state index in [2.05, 4.69) is 41.7 Å². The van der Waals surface area contributed by atoms with Gasteiger partial charge in [0.1, 0.15) is 40.5 Å². The van der Waals surface area contributed by atoms with E-state index in [4.69, 9.17) is 15.6 Å². The number of ether oxygens (including phenoxy) is 1. The van der Waals surface area contributed by atoms with Gasteiger partial charge in [-0.05, 0) is 70.1 Å². The molecule has 238 valence electrons. The van der Waals surface area contributed by atoms with E-state index in [1.807, 2.05) is 35.0 Å². The largest absolute Gasteiger partial charge is 0.457 e. The molecular formula is C35H39FN8O2. The molecule has 1 atom stereocenters. The molecule has 2 aliphatic heterocycles. The van der Waals surface area contributed by atoms with Crippen molar-refractivity contribution >= 4 is 22.6 Å². The third-order valence-corrected chi connectivity index (χ3v) is 9.02. The van der Waals surface area contributed by atoms with Gasteiger partial charge >= 0.3 is 0 Å². The number of nitrogens with two attached hydrogens (primary N) is 1. The van der Waals surface area contributed by atoms with Crippen LogP contribution < -0.4 is 10.5 Å². The van der Waals surface area contributed by atoms with Crippen LogP contribution in [0.25, 0.3) is 22.2 Å². The zero-order valence-corrected chi connectivity index (χ0v) is 26.5. The number of anilines is 1. The standard InChI is InChI=1S/C35H39FN8O2/c1-35(2,43-18-16-41(3)17-19-43)21-24(22-37)34(45)42-15-7-8-25(23-42)44-30-13-14-39-33(38)31(30)32(40-44)28-12-11-27(20-29(28)36)46-26-9-5-4-6-10-26/h4-6,9-14,20-21,25H,7-8,15-19,23H2,1-3H3,(H2,38,39)/t25-/m1/s1. The maximum absolute atomic E-state index is 15.6. The predicted molar refractivity (Wildman–Crippen MR) is 176 cm³/mol. The molecule has 0 unspecified atom stereocenters. The lowest BCUT2D eigenvalue weighted by molar-refractivity contribution is -0.128. The fourth-order valence-electron chi connectivity index (χ4n) is 6.43. The third-order valence-electron chi connectivity index (χ3n) is 9.02. The first-order valence-corrected chi connectivity index (χ1v) is 15.7. The number of nitrogens with zero attached hydrogens (tertiary/aromatic N) is 7. The van der Waals surface area contributed by atoms with Gasteiger partial charge in [0.2, 0.25) is 0 Å². The van der Waals surface area contributed by atoms with Gasteiger partial charge in [-0.1, -0.05) is 18.2 Å². The van der Waals surface area contributed by atoms with Gasteiger partial charge < -0.3 is 20.3 Å². The summed E-state index contributed by atoms with van der Waals surface area (Å²) in [6, 6.07) is 17.6. The van der Waals surface area contributed by atoms with Gasteiger partial charge in [-0.25, -0.2) is 9.37 Å². The second-order valence-corrected chi connectivity index (χ2v) is 12.6. The molecule has 1 amide bonds. The van der Waals surface area contributed by atoms with Crippen LogP contribution in [-0.2, 0) is 4.79 Å². The molecule has 0 aliphatic carbocycles. The number of likely N-dealkylation sites (tertiary alicyclic amines) is 1. The smallest absolute Gasteiger partial charge is 0.264 e. The Morgan fingerprint density at radius 1 is 1.09 bits per heavy atom. The second-order valence-electron chi connectivity index (χ2n) is 12.6. The van der Waals surface area contributed by atoms with Crippen molar-refractivity contribution in [2.24, 2.45) is 0 Å². The average Bonchev–Trinajstić information content (AvgIpc) is 3.45. The molecule has 0 spiro atoms. The van der Waals surface area contributed by atoms with Crippen LogP contribution in [0.1, 0.15) is 32.7 Å². The topological polar surface area (TPSA) is 117 Å². The van der Waals surface area contributed by atoms with Crippen molar-refractivity contribution < 1.29 is 13.9 Å². The monoisotopic (exact) mass is 622 g/mol. The van der Waals surface area contributed by atoms with E-state index in [1.165, 1.54) is 6.07 Å². The maximum atomic E-state index is 15.6. The van der Waals surface area contributed by atoms with Crippen LogP contribution >= 0.6 is 0 Å². The van der Waals surface area contributed by atoms with Crippen LogP contribution in [0.4, 0.5) is 10.2 Å². The number of piperidine rings is 1. The van der Waals surface area contributed by atoms with Crippen LogP contribution in [0.3, 0.4) is 0 Å². The predicted octanol–water partition coefficient (Wildman–Crippen LogP) is 5.25. The van der Waals surface area contributed by atoms with Gasteiger partial charge in [-0.2, -0.15) is 10.4 Å². The summed E-state index contributed by atoms with van der Waals surface area (Å²) in [6.45, 7) is 8.62. The molecule has 4 heterocycles.